The maximum atomic E-state index is 5.83. The van der Waals surface area contributed by atoms with Gasteiger partial charge in [0.1, 0.15) is 0 Å². The molecule has 24 heavy (non-hydrogen) atoms. The summed E-state index contributed by atoms with van der Waals surface area (Å²) in [6.45, 7) is 14.4. The standard InChI is InChI=1S/C15H19N3.C4H10.C2H6/c1-3-5-7-10-13(4-2)17-15(16)18-14-11-8-6-9-12-14;1-4(2)3;1-2/h3-12H,1-2H3,(H3,16,17,18);4H,1-3H3;1-2H3/b5-3-,10-7-,13-4+;;. The first-order valence-corrected chi connectivity index (χ1v) is 8.61. The van der Waals surface area contributed by atoms with Crippen molar-refractivity contribution in [1.29, 1.82) is 0 Å². The van der Waals surface area contributed by atoms with Crippen LogP contribution in [0.4, 0.5) is 5.69 Å². The minimum absolute atomic E-state index is 0.374. The molecule has 0 aliphatic carbocycles. The van der Waals surface area contributed by atoms with E-state index >= 15 is 0 Å². The predicted octanol–water partition coefficient (Wildman–Crippen LogP) is 6.14. The van der Waals surface area contributed by atoms with Crippen LogP contribution in [0.1, 0.15) is 48.5 Å². The van der Waals surface area contributed by atoms with Crippen LogP contribution in [-0.2, 0) is 0 Å². The van der Waals surface area contributed by atoms with E-state index in [1.165, 1.54) is 0 Å². The zero-order valence-corrected chi connectivity index (χ0v) is 16.4. The van der Waals surface area contributed by atoms with Gasteiger partial charge in [0.05, 0.1) is 5.70 Å². The summed E-state index contributed by atoms with van der Waals surface area (Å²) < 4.78 is 0. The minimum Gasteiger partial charge on any atom is -0.369 e. The molecule has 0 bridgehead atoms. The van der Waals surface area contributed by atoms with Gasteiger partial charge in [-0.05, 0) is 38.0 Å². The molecule has 0 spiro atoms. The summed E-state index contributed by atoms with van der Waals surface area (Å²) in [5.74, 6) is 1.21. The van der Waals surface area contributed by atoms with Crippen LogP contribution in [0, 0.1) is 5.92 Å². The van der Waals surface area contributed by atoms with Crippen molar-refractivity contribution in [2.45, 2.75) is 48.5 Å². The number of benzene rings is 1. The van der Waals surface area contributed by atoms with Gasteiger partial charge in [-0.1, -0.05) is 77.1 Å². The van der Waals surface area contributed by atoms with Crippen molar-refractivity contribution in [2.24, 2.45) is 16.6 Å². The average molecular weight is 330 g/mol. The fraction of sp³-hybridized carbons (Fsp3) is 0.381. The van der Waals surface area contributed by atoms with E-state index in [4.69, 9.17) is 5.73 Å². The lowest BCUT2D eigenvalue weighted by Crippen LogP contribution is -2.22. The van der Waals surface area contributed by atoms with Gasteiger partial charge in [-0.3, -0.25) is 0 Å². The van der Waals surface area contributed by atoms with Crippen LogP contribution < -0.4 is 11.1 Å². The van der Waals surface area contributed by atoms with Crippen molar-refractivity contribution in [2.75, 3.05) is 5.32 Å². The van der Waals surface area contributed by atoms with E-state index in [1.807, 2.05) is 88.4 Å². The van der Waals surface area contributed by atoms with Crippen molar-refractivity contribution in [3.05, 3.63) is 66.4 Å². The van der Waals surface area contributed by atoms with Gasteiger partial charge >= 0.3 is 0 Å². The molecule has 134 valence electrons. The molecule has 0 heterocycles. The summed E-state index contributed by atoms with van der Waals surface area (Å²) in [4.78, 5) is 4.29. The largest absolute Gasteiger partial charge is 0.369 e. The van der Waals surface area contributed by atoms with Gasteiger partial charge in [-0.15, -0.1) is 0 Å². The normalized spacial score (nSPS) is 11.8. The molecule has 0 aliphatic heterocycles. The smallest absolute Gasteiger partial charge is 0.198 e. The average Bonchev–Trinajstić information content (AvgIpc) is 2.56. The van der Waals surface area contributed by atoms with E-state index in [1.54, 1.807) is 0 Å². The Morgan fingerprint density at radius 3 is 2.04 bits per heavy atom. The Hall–Kier alpha value is -2.29. The highest BCUT2D eigenvalue weighted by Gasteiger charge is 1.94. The molecule has 3 heteroatoms. The summed E-state index contributed by atoms with van der Waals surface area (Å²) >= 11 is 0. The molecule has 1 rings (SSSR count). The quantitative estimate of drug-likeness (QED) is 0.396. The fourth-order valence-electron chi connectivity index (χ4n) is 1.30. The SMILES string of the molecule is CC.CC(C)C.C\C=C/C=C\C(=C/C)N=C(N)Nc1ccccc1. The Morgan fingerprint density at radius 1 is 1.04 bits per heavy atom. The highest BCUT2D eigenvalue weighted by atomic mass is 15.1. The third kappa shape index (κ3) is 16.1. The number of rotatable bonds is 4. The first-order valence-electron chi connectivity index (χ1n) is 8.61. The molecule has 0 saturated heterocycles. The van der Waals surface area contributed by atoms with Crippen LogP contribution in [-0.4, -0.2) is 5.96 Å². The van der Waals surface area contributed by atoms with Crippen molar-refractivity contribution in [1.82, 2.24) is 0 Å². The zero-order chi connectivity index (χ0) is 18.8. The van der Waals surface area contributed by atoms with Crippen LogP contribution in [0.15, 0.2) is 71.4 Å². The van der Waals surface area contributed by atoms with E-state index in [0.717, 1.165) is 17.3 Å². The molecule has 0 saturated carbocycles. The summed E-state index contributed by atoms with van der Waals surface area (Å²) in [5.41, 5.74) is 7.57. The van der Waals surface area contributed by atoms with Crippen LogP contribution in [0.25, 0.3) is 0 Å². The number of para-hydroxylation sites is 1. The number of allylic oxidation sites excluding steroid dienone is 5. The lowest BCUT2D eigenvalue weighted by molar-refractivity contribution is 0.737. The molecule has 3 N–H and O–H groups in total. The fourth-order valence-corrected chi connectivity index (χ4v) is 1.30. The van der Waals surface area contributed by atoms with E-state index < -0.39 is 0 Å². The number of nitrogens with one attached hydrogen (secondary N) is 1. The minimum atomic E-state index is 0.374. The van der Waals surface area contributed by atoms with Crippen molar-refractivity contribution in [3.8, 4) is 0 Å². The molecule has 0 aliphatic rings. The van der Waals surface area contributed by atoms with Gasteiger partial charge in [0.2, 0.25) is 0 Å². The molecule has 0 unspecified atom stereocenters. The van der Waals surface area contributed by atoms with Crippen LogP contribution in [0.3, 0.4) is 0 Å². The Bertz CT molecular complexity index is 506. The first kappa shape index (κ1) is 24.0. The second-order valence-electron chi connectivity index (χ2n) is 5.32. The van der Waals surface area contributed by atoms with Crippen LogP contribution >= 0.6 is 0 Å². The summed E-state index contributed by atoms with van der Waals surface area (Å²) in [5, 5.41) is 3.03. The van der Waals surface area contributed by atoms with Gasteiger partial charge < -0.3 is 11.1 Å². The maximum absolute atomic E-state index is 5.83. The topological polar surface area (TPSA) is 50.4 Å². The highest BCUT2D eigenvalue weighted by molar-refractivity contribution is 5.93. The van der Waals surface area contributed by atoms with Crippen LogP contribution in [0.2, 0.25) is 0 Å². The Morgan fingerprint density at radius 2 is 1.58 bits per heavy atom. The van der Waals surface area contributed by atoms with Crippen molar-refractivity contribution in [3.63, 3.8) is 0 Å². The third-order valence-electron chi connectivity index (χ3n) is 2.16. The third-order valence-corrected chi connectivity index (χ3v) is 2.16. The Kier molecular flexibility index (Phi) is 17.0. The van der Waals surface area contributed by atoms with E-state index in [9.17, 15) is 0 Å². The number of hydrogen-bond acceptors (Lipinski definition) is 1. The molecule has 0 atom stereocenters. The lowest BCUT2D eigenvalue weighted by atomic mass is 10.3. The molecule has 1 aromatic carbocycles. The lowest BCUT2D eigenvalue weighted by Gasteiger charge is -2.04. The molecule has 0 fully saturated rings. The van der Waals surface area contributed by atoms with E-state index in [0.29, 0.717) is 5.96 Å². The van der Waals surface area contributed by atoms with E-state index in [2.05, 4.69) is 31.1 Å². The number of nitrogens with two attached hydrogens (primary N) is 1. The van der Waals surface area contributed by atoms with Crippen molar-refractivity contribution < 1.29 is 0 Å². The van der Waals surface area contributed by atoms with Gasteiger partial charge in [-0.25, -0.2) is 4.99 Å². The number of anilines is 1. The number of nitrogens with zero attached hydrogens (tertiary/aromatic N) is 1. The molecular formula is C21H35N3. The molecule has 3 nitrogen and oxygen atoms in total. The molecular weight excluding hydrogens is 294 g/mol. The number of aliphatic imine (C=N–C) groups is 1. The molecule has 0 radical (unpaired) electrons. The maximum Gasteiger partial charge on any atom is 0.198 e. The van der Waals surface area contributed by atoms with Gasteiger partial charge in [0.15, 0.2) is 5.96 Å². The summed E-state index contributed by atoms with van der Waals surface area (Å²) in [6, 6.07) is 9.71. The summed E-state index contributed by atoms with van der Waals surface area (Å²) in [7, 11) is 0. The Labute approximate surface area is 149 Å². The number of guanidine groups is 1. The van der Waals surface area contributed by atoms with Gasteiger partial charge in [0.25, 0.3) is 0 Å². The molecule has 1 aromatic rings. The monoisotopic (exact) mass is 329 g/mol. The second-order valence-corrected chi connectivity index (χ2v) is 5.32. The predicted molar refractivity (Wildman–Crippen MR) is 111 cm³/mol. The first-order chi connectivity index (χ1) is 11.5. The second kappa shape index (κ2) is 17.1. The number of hydrogen-bond donors (Lipinski definition) is 2. The zero-order valence-electron chi connectivity index (χ0n) is 16.4. The van der Waals surface area contributed by atoms with E-state index in [-0.39, 0.29) is 0 Å². The molecule has 0 amide bonds. The van der Waals surface area contributed by atoms with Gasteiger partial charge in [-0.2, -0.15) is 0 Å². The Balaban J connectivity index is 0. The van der Waals surface area contributed by atoms with Crippen molar-refractivity contribution >= 4 is 11.6 Å². The van der Waals surface area contributed by atoms with Gasteiger partial charge in [0, 0.05) is 5.69 Å². The molecule has 0 aromatic heterocycles. The van der Waals surface area contributed by atoms with Crippen LogP contribution in [0.5, 0.6) is 0 Å². The highest BCUT2D eigenvalue weighted by Crippen LogP contribution is 2.05. The summed E-state index contributed by atoms with van der Waals surface area (Å²) in [6.07, 6.45) is 9.63.